The van der Waals surface area contributed by atoms with Crippen molar-refractivity contribution in [3.8, 4) is 5.75 Å². The van der Waals surface area contributed by atoms with E-state index in [1.54, 1.807) is 11.1 Å². The molecule has 2 fully saturated rings. The van der Waals surface area contributed by atoms with Gasteiger partial charge in [0.1, 0.15) is 11.6 Å². The van der Waals surface area contributed by atoms with Crippen molar-refractivity contribution in [1.82, 2.24) is 4.90 Å². The average molecular weight is 275 g/mol. The topological polar surface area (TPSA) is 29.5 Å². The Labute approximate surface area is 118 Å². The van der Waals surface area contributed by atoms with E-state index >= 15 is 0 Å². The van der Waals surface area contributed by atoms with Crippen LogP contribution >= 0.6 is 0 Å². The number of hydrogen-bond donors (Lipinski definition) is 0. The third-order valence-electron chi connectivity index (χ3n) is 3.90. The van der Waals surface area contributed by atoms with E-state index in [1.165, 1.54) is 37.1 Å². The number of carbonyl (C=O) groups excluding carboxylic acids is 1. The third kappa shape index (κ3) is 3.18. The van der Waals surface area contributed by atoms with E-state index in [1.807, 2.05) is 4.90 Å². The number of nitrogens with zero attached hydrogens (tertiary/aromatic N) is 1. The maximum atomic E-state index is 12.7. The standard InChI is InChI=1S/C16H18FNO2/c17-14-3-5-15(6-4-14)20-11-16(19)18-9-7-13(8-10-18)12-1-2-12/h3-6H,1-2,7-11H2. The Morgan fingerprint density at radius 3 is 2.25 bits per heavy atom. The Morgan fingerprint density at radius 2 is 1.65 bits per heavy atom. The molecule has 0 N–H and O–H groups in total. The Bertz CT molecular complexity index is 520. The van der Waals surface area contributed by atoms with Gasteiger partial charge in [-0.05, 0) is 49.9 Å². The van der Waals surface area contributed by atoms with Crippen LogP contribution in [0.4, 0.5) is 4.39 Å². The minimum Gasteiger partial charge on any atom is -0.484 e. The van der Waals surface area contributed by atoms with E-state index in [-0.39, 0.29) is 18.3 Å². The maximum absolute atomic E-state index is 12.7. The molecule has 106 valence electrons. The smallest absolute Gasteiger partial charge is 0.260 e. The first-order valence-electron chi connectivity index (χ1n) is 7.08. The number of benzene rings is 1. The molecule has 2 aliphatic rings. The van der Waals surface area contributed by atoms with Crippen LogP contribution in [0.1, 0.15) is 25.7 Å². The molecule has 3 nitrogen and oxygen atoms in total. The summed E-state index contributed by atoms with van der Waals surface area (Å²) in [5.74, 6) is 0.229. The number of likely N-dealkylation sites (tertiary alicyclic amines) is 1. The molecule has 0 radical (unpaired) electrons. The molecule has 0 aromatic heterocycles. The molecule has 1 saturated carbocycles. The molecule has 1 aliphatic heterocycles. The number of rotatable bonds is 3. The normalized spacial score (nSPS) is 18.1. The van der Waals surface area contributed by atoms with Crippen LogP contribution in [-0.2, 0) is 4.79 Å². The van der Waals surface area contributed by atoms with Gasteiger partial charge in [0.25, 0.3) is 5.91 Å². The van der Waals surface area contributed by atoms with Crippen LogP contribution in [-0.4, -0.2) is 30.5 Å². The summed E-state index contributed by atoms with van der Waals surface area (Å²) in [6.07, 6.45) is 4.54. The molecule has 0 bridgehead atoms. The summed E-state index contributed by atoms with van der Waals surface area (Å²) in [4.78, 5) is 13.9. The summed E-state index contributed by atoms with van der Waals surface area (Å²) in [7, 11) is 0. The monoisotopic (exact) mass is 275 g/mol. The number of amides is 1. The van der Waals surface area contributed by atoms with Crippen molar-refractivity contribution in [1.29, 1.82) is 0 Å². The van der Waals surface area contributed by atoms with Gasteiger partial charge in [-0.3, -0.25) is 4.79 Å². The van der Waals surface area contributed by atoms with Gasteiger partial charge in [-0.15, -0.1) is 0 Å². The molecule has 1 aromatic carbocycles. The van der Waals surface area contributed by atoms with Crippen LogP contribution in [0.3, 0.4) is 0 Å². The highest BCUT2D eigenvalue weighted by atomic mass is 19.1. The van der Waals surface area contributed by atoms with Crippen molar-refractivity contribution in [2.45, 2.75) is 25.7 Å². The Balaban J connectivity index is 1.47. The molecule has 20 heavy (non-hydrogen) atoms. The zero-order valence-corrected chi connectivity index (χ0v) is 11.4. The highest BCUT2D eigenvalue weighted by molar-refractivity contribution is 5.78. The van der Waals surface area contributed by atoms with Gasteiger partial charge in [0.2, 0.25) is 0 Å². The first-order valence-corrected chi connectivity index (χ1v) is 7.08. The van der Waals surface area contributed by atoms with Gasteiger partial charge in [-0.2, -0.15) is 0 Å². The molecular weight excluding hydrogens is 257 g/mol. The molecule has 4 heteroatoms. The fourth-order valence-electron chi connectivity index (χ4n) is 2.56. The number of halogens is 1. The van der Waals surface area contributed by atoms with E-state index in [0.29, 0.717) is 5.75 Å². The lowest BCUT2D eigenvalue weighted by Gasteiger charge is -2.28. The van der Waals surface area contributed by atoms with E-state index < -0.39 is 0 Å². The summed E-state index contributed by atoms with van der Waals surface area (Å²) in [5, 5.41) is 0. The largest absolute Gasteiger partial charge is 0.484 e. The third-order valence-corrected chi connectivity index (χ3v) is 3.90. The average Bonchev–Trinajstić information content (AvgIpc) is 3.31. The summed E-state index contributed by atoms with van der Waals surface area (Å²) in [6.45, 7) is 1.62. The molecule has 1 aliphatic carbocycles. The Morgan fingerprint density at radius 1 is 1.05 bits per heavy atom. The Hall–Kier alpha value is -1.84. The van der Waals surface area contributed by atoms with Crippen molar-refractivity contribution >= 4 is 5.91 Å². The molecule has 0 spiro atoms. The minimum atomic E-state index is -0.305. The molecule has 0 atom stereocenters. The minimum absolute atomic E-state index is 0.00849. The lowest BCUT2D eigenvalue weighted by atomic mass is 10.0. The van der Waals surface area contributed by atoms with Crippen molar-refractivity contribution in [3.05, 3.63) is 41.2 Å². The predicted octanol–water partition coefficient (Wildman–Crippen LogP) is 2.92. The van der Waals surface area contributed by atoms with Gasteiger partial charge in [0, 0.05) is 13.1 Å². The van der Waals surface area contributed by atoms with Crippen LogP contribution in [0.15, 0.2) is 35.4 Å². The zero-order valence-electron chi connectivity index (χ0n) is 11.4. The lowest BCUT2D eigenvalue weighted by molar-refractivity contribution is -0.133. The first kappa shape index (κ1) is 13.2. The molecule has 3 rings (SSSR count). The second kappa shape index (κ2) is 5.65. The quantitative estimate of drug-likeness (QED) is 0.794. The van der Waals surface area contributed by atoms with Crippen LogP contribution in [0, 0.1) is 5.82 Å². The number of hydrogen-bond acceptors (Lipinski definition) is 2. The van der Waals surface area contributed by atoms with Gasteiger partial charge in [-0.1, -0.05) is 11.1 Å². The van der Waals surface area contributed by atoms with Crippen molar-refractivity contribution in [2.24, 2.45) is 0 Å². The fraction of sp³-hybridized carbons (Fsp3) is 0.438. The van der Waals surface area contributed by atoms with Gasteiger partial charge in [0.15, 0.2) is 6.61 Å². The fourth-order valence-corrected chi connectivity index (χ4v) is 2.56. The van der Waals surface area contributed by atoms with Crippen LogP contribution < -0.4 is 4.74 Å². The van der Waals surface area contributed by atoms with Crippen LogP contribution in [0.2, 0.25) is 0 Å². The van der Waals surface area contributed by atoms with E-state index in [4.69, 9.17) is 4.74 Å². The second-order valence-electron chi connectivity index (χ2n) is 5.33. The van der Waals surface area contributed by atoms with Crippen molar-refractivity contribution in [3.63, 3.8) is 0 Å². The van der Waals surface area contributed by atoms with Gasteiger partial charge < -0.3 is 9.64 Å². The van der Waals surface area contributed by atoms with Crippen LogP contribution in [0.5, 0.6) is 5.75 Å². The predicted molar refractivity (Wildman–Crippen MR) is 74.0 cm³/mol. The first-order chi connectivity index (χ1) is 9.72. The Kier molecular flexibility index (Phi) is 3.72. The molecule has 1 heterocycles. The number of allylic oxidation sites excluding steroid dienone is 1. The van der Waals surface area contributed by atoms with E-state index in [9.17, 15) is 9.18 Å². The van der Waals surface area contributed by atoms with E-state index in [2.05, 4.69) is 0 Å². The SMILES string of the molecule is O=C(COc1ccc(F)cc1)N1CCC(=C2CC2)CC1. The summed E-state index contributed by atoms with van der Waals surface area (Å²) in [5.41, 5.74) is 3.17. The lowest BCUT2D eigenvalue weighted by Crippen LogP contribution is -2.39. The maximum Gasteiger partial charge on any atom is 0.260 e. The zero-order chi connectivity index (χ0) is 13.9. The highest BCUT2D eigenvalue weighted by Crippen LogP contribution is 2.35. The van der Waals surface area contributed by atoms with Gasteiger partial charge >= 0.3 is 0 Å². The number of carbonyl (C=O) groups is 1. The summed E-state index contributed by atoms with van der Waals surface area (Å²) in [6, 6.07) is 5.73. The van der Waals surface area contributed by atoms with Gasteiger partial charge in [0.05, 0.1) is 0 Å². The van der Waals surface area contributed by atoms with Gasteiger partial charge in [-0.25, -0.2) is 4.39 Å². The second-order valence-corrected chi connectivity index (χ2v) is 5.33. The molecular formula is C16H18FNO2. The number of piperidine rings is 1. The molecule has 1 aromatic rings. The van der Waals surface area contributed by atoms with Crippen molar-refractivity contribution < 1.29 is 13.9 Å². The highest BCUT2D eigenvalue weighted by Gasteiger charge is 2.24. The van der Waals surface area contributed by atoms with Crippen LogP contribution in [0.25, 0.3) is 0 Å². The summed E-state index contributed by atoms with van der Waals surface area (Å²) >= 11 is 0. The van der Waals surface area contributed by atoms with E-state index in [0.717, 1.165) is 25.9 Å². The number of ether oxygens (including phenoxy) is 1. The molecule has 1 saturated heterocycles. The molecule has 1 amide bonds. The molecule has 0 unspecified atom stereocenters. The summed E-state index contributed by atoms with van der Waals surface area (Å²) < 4.78 is 18.1. The van der Waals surface area contributed by atoms with Crippen molar-refractivity contribution in [2.75, 3.05) is 19.7 Å².